The first-order valence-electron chi connectivity index (χ1n) is 2.15. The fourth-order valence-electron chi connectivity index (χ4n) is 0.538. The molecule has 1 atom stereocenters. The van der Waals surface area contributed by atoms with Crippen LogP contribution in [0.1, 0.15) is 12.8 Å². The van der Waals surface area contributed by atoms with Gasteiger partial charge >= 0.3 is 0 Å². The molecule has 0 aromatic heterocycles. The van der Waals surface area contributed by atoms with Gasteiger partial charge in [-0.1, -0.05) is 11.6 Å². The topological polar surface area (TPSA) is 9.23 Å². The van der Waals surface area contributed by atoms with Crippen molar-refractivity contribution in [3.8, 4) is 0 Å². The zero-order chi connectivity index (χ0) is 4.41. The van der Waals surface area contributed by atoms with Gasteiger partial charge in [0.2, 0.25) is 0 Å². The van der Waals surface area contributed by atoms with Crippen molar-refractivity contribution >= 4 is 36.4 Å². The van der Waals surface area contributed by atoms with Gasteiger partial charge in [-0.3, -0.25) is 0 Å². The molecule has 0 aromatic carbocycles. The molecule has 1 fully saturated rings. The third-order valence-corrected chi connectivity index (χ3v) is 1.22. The van der Waals surface area contributed by atoms with Crippen LogP contribution in [0.15, 0.2) is 0 Å². The zero-order valence-corrected chi connectivity index (χ0v) is 8.37. The normalized spacial score (nSPS) is 23.0. The summed E-state index contributed by atoms with van der Waals surface area (Å²) in [6.07, 6.45) is 2.16. The Hall–Kier alpha value is 1.36. The van der Waals surface area contributed by atoms with Crippen LogP contribution in [0, 0.1) is 0 Å². The van der Waals surface area contributed by atoms with Crippen LogP contribution in [-0.4, -0.2) is 12.2 Å². The van der Waals surface area contributed by atoms with Gasteiger partial charge in [-0.05, 0) is 12.8 Å². The number of rotatable bonds is 0. The molecule has 1 unspecified atom stereocenters. The Morgan fingerprint density at radius 3 is 2.00 bits per heavy atom. The minimum Gasteiger partial charge on any atom is -0.362 e. The van der Waals surface area contributed by atoms with Crippen LogP contribution >= 0.6 is 36.4 Å². The van der Waals surface area contributed by atoms with E-state index in [1.165, 1.54) is 0 Å². The van der Waals surface area contributed by atoms with Gasteiger partial charge in [0.1, 0.15) is 5.56 Å². The minimum absolute atomic E-state index is 0. The van der Waals surface area contributed by atoms with Gasteiger partial charge in [0.15, 0.2) is 0 Å². The molecule has 5 heteroatoms. The largest absolute Gasteiger partial charge is 0.362 e. The van der Waals surface area contributed by atoms with Gasteiger partial charge < -0.3 is 4.74 Å². The van der Waals surface area contributed by atoms with Crippen LogP contribution in [0.4, 0.5) is 0 Å². The van der Waals surface area contributed by atoms with E-state index in [0.717, 1.165) is 19.4 Å². The molecule has 58 valence electrons. The molecule has 1 rings (SSSR count). The molecule has 0 bridgehead atoms. The van der Waals surface area contributed by atoms with E-state index in [2.05, 4.69) is 0 Å². The molecule has 1 aliphatic heterocycles. The molecular weight excluding hydrogens is 222 g/mol. The van der Waals surface area contributed by atoms with E-state index in [9.17, 15) is 0 Å². The summed E-state index contributed by atoms with van der Waals surface area (Å²) in [7, 11) is 0. The monoisotopic (exact) mass is 230 g/mol. The van der Waals surface area contributed by atoms with E-state index in [1.807, 2.05) is 0 Å². The minimum atomic E-state index is 0. The van der Waals surface area contributed by atoms with Gasteiger partial charge in [-0.2, -0.15) is 0 Å². The van der Waals surface area contributed by atoms with Crippen molar-refractivity contribution in [2.75, 3.05) is 6.61 Å². The Morgan fingerprint density at radius 1 is 1.33 bits per heavy atom. The maximum absolute atomic E-state index is 5.49. The van der Waals surface area contributed by atoms with Crippen molar-refractivity contribution in [1.82, 2.24) is 0 Å². The van der Waals surface area contributed by atoms with Crippen LogP contribution in [0.5, 0.6) is 0 Å². The molecule has 1 aliphatic rings. The number of hydrogen-bond acceptors (Lipinski definition) is 1. The second kappa shape index (κ2) is 9.36. The van der Waals surface area contributed by atoms with E-state index >= 15 is 0 Å². The Kier molecular flexibility index (Phi) is 17.4. The zero-order valence-electron chi connectivity index (χ0n) is 4.71. The molecule has 0 saturated carbocycles. The molecule has 0 radical (unpaired) electrons. The van der Waals surface area contributed by atoms with Crippen LogP contribution in [-0.2, 0) is 22.1 Å². The Bertz CT molecular complexity index is 49.1. The predicted molar refractivity (Wildman–Crippen MR) is 39.3 cm³/mol. The van der Waals surface area contributed by atoms with Gasteiger partial charge in [-0.25, -0.2) is 0 Å². The van der Waals surface area contributed by atoms with E-state index in [0.29, 0.717) is 0 Å². The molecule has 1 nitrogen and oxygen atoms in total. The summed E-state index contributed by atoms with van der Waals surface area (Å²) in [4.78, 5) is 0. The molecule has 0 N–H and O–H groups in total. The van der Waals surface area contributed by atoms with Crippen molar-refractivity contribution in [2.24, 2.45) is 0 Å². The van der Waals surface area contributed by atoms with Gasteiger partial charge in [0.05, 0.1) is 0 Å². The van der Waals surface area contributed by atoms with E-state index in [4.69, 9.17) is 16.3 Å². The first kappa shape index (κ1) is 16.8. The smallest absolute Gasteiger partial charge is 0.131 e. The average Bonchev–Trinajstić information content (AvgIpc) is 1.86. The maximum Gasteiger partial charge on any atom is 0.131 e. The fourth-order valence-corrected chi connectivity index (χ4v) is 0.782. The molecule has 1 saturated heterocycles. The number of hydrogen-bond donors (Lipinski definition) is 0. The second-order valence-corrected chi connectivity index (χ2v) is 1.91. The van der Waals surface area contributed by atoms with Crippen molar-refractivity contribution < 1.29 is 22.1 Å². The Labute approximate surface area is 83.4 Å². The number of halogens is 3. The van der Waals surface area contributed by atoms with Crippen molar-refractivity contribution in [3.63, 3.8) is 0 Å². The third-order valence-electron chi connectivity index (χ3n) is 0.874. The van der Waals surface area contributed by atoms with Crippen LogP contribution in [0.2, 0.25) is 0 Å². The molecule has 0 aromatic rings. The summed E-state index contributed by atoms with van der Waals surface area (Å²) >= 11 is 5.49. The fraction of sp³-hybridized carbons (Fsp3) is 1.00. The van der Waals surface area contributed by atoms with Crippen molar-refractivity contribution in [3.05, 3.63) is 0 Å². The van der Waals surface area contributed by atoms with Gasteiger partial charge in [0.25, 0.3) is 0 Å². The molecule has 1 heterocycles. The second-order valence-electron chi connectivity index (χ2n) is 1.42. The van der Waals surface area contributed by atoms with Gasteiger partial charge in [0, 0.05) is 24.0 Å². The van der Waals surface area contributed by atoms with E-state index in [1.54, 1.807) is 0 Å². The molecule has 9 heavy (non-hydrogen) atoms. The maximum atomic E-state index is 5.49. The average molecular weight is 231 g/mol. The summed E-state index contributed by atoms with van der Waals surface area (Å²) in [5, 5.41) is 0. The molecule has 0 aliphatic carbocycles. The summed E-state index contributed by atoms with van der Waals surface area (Å²) in [6.45, 7) is 0.855. The molecular formula is C4H9Cl3CrO. The summed E-state index contributed by atoms with van der Waals surface area (Å²) < 4.78 is 4.92. The Morgan fingerprint density at radius 2 is 1.89 bits per heavy atom. The van der Waals surface area contributed by atoms with Crippen LogP contribution < -0.4 is 0 Å². The quantitative estimate of drug-likeness (QED) is 0.581. The number of ether oxygens (including phenoxy) is 1. The first-order chi connectivity index (χ1) is 2.89. The van der Waals surface area contributed by atoms with E-state index in [-0.39, 0.29) is 47.7 Å². The van der Waals surface area contributed by atoms with Gasteiger partial charge in [-0.15, -0.1) is 24.8 Å². The summed E-state index contributed by atoms with van der Waals surface area (Å²) in [5.41, 5.74) is 0.0185. The summed E-state index contributed by atoms with van der Waals surface area (Å²) in [6, 6.07) is 0. The SMILES string of the molecule is Cl.Cl.ClC1CCCO1.[Cr]. The number of alkyl halides is 1. The summed E-state index contributed by atoms with van der Waals surface area (Å²) in [5.74, 6) is 0. The standard InChI is InChI=1S/C4H7ClO.2ClH.Cr/c5-4-2-1-3-6-4;;;/h4H,1-3H2;2*1H;. The van der Waals surface area contributed by atoms with E-state index < -0.39 is 0 Å². The molecule has 0 amide bonds. The van der Waals surface area contributed by atoms with Crippen molar-refractivity contribution in [1.29, 1.82) is 0 Å². The first-order valence-corrected chi connectivity index (χ1v) is 2.59. The molecule has 0 spiro atoms. The third kappa shape index (κ3) is 7.26. The Balaban J connectivity index is -0.000000120. The van der Waals surface area contributed by atoms with Crippen LogP contribution in [0.3, 0.4) is 0 Å². The predicted octanol–water partition coefficient (Wildman–Crippen LogP) is 2.20. The van der Waals surface area contributed by atoms with Crippen molar-refractivity contribution in [2.45, 2.75) is 18.4 Å². The van der Waals surface area contributed by atoms with Crippen LogP contribution in [0.25, 0.3) is 0 Å².